The van der Waals surface area contributed by atoms with E-state index in [0.717, 1.165) is 17.1 Å². The Bertz CT molecular complexity index is 830. The van der Waals surface area contributed by atoms with Crippen LogP contribution in [0.4, 0.5) is 23.1 Å². The number of methoxy groups -OCH3 is 1. The Morgan fingerprint density at radius 2 is 1.71 bits per heavy atom. The number of ether oxygens (including phenoxy) is 1. The van der Waals surface area contributed by atoms with Gasteiger partial charge >= 0.3 is 0 Å². The third-order valence-corrected chi connectivity index (χ3v) is 3.38. The van der Waals surface area contributed by atoms with Gasteiger partial charge in [0.15, 0.2) is 5.82 Å². The summed E-state index contributed by atoms with van der Waals surface area (Å²) in [5.41, 5.74) is 4.16. The van der Waals surface area contributed by atoms with E-state index in [1.54, 1.807) is 13.3 Å². The molecule has 0 aliphatic heterocycles. The monoisotopic (exact) mass is 321 g/mol. The predicted molar refractivity (Wildman–Crippen MR) is 95.3 cm³/mol. The highest BCUT2D eigenvalue weighted by atomic mass is 16.5. The van der Waals surface area contributed by atoms with Crippen molar-refractivity contribution in [3.05, 3.63) is 59.8 Å². The minimum absolute atomic E-state index is 0.438. The highest BCUT2D eigenvalue weighted by Crippen LogP contribution is 2.21. The molecule has 0 saturated heterocycles. The molecule has 122 valence electrons. The summed E-state index contributed by atoms with van der Waals surface area (Å²) in [7, 11) is 1.64. The molecular weight excluding hydrogens is 302 g/mol. The molecule has 0 aliphatic rings. The molecule has 24 heavy (non-hydrogen) atoms. The van der Waals surface area contributed by atoms with Crippen LogP contribution in [0.15, 0.2) is 48.7 Å². The van der Waals surface area contributed by atoms with Crippen LogP contribution in [-0.2, 0) is 0 Å². The maximum absolute atomic E-state index is 5.22. The van der Waals surface area contributed by atoms with Crippen molar-refractivity contribution < 1.29 is 4.74 Å². The SMILES string of the molecule is COc1cccc(Nc2cnnc(Nc3cc(C)cc(C)c3)n2)c1. The van der Waals surface area contributed by atoms with Crippen LogP contribution in [0.25, 0.3) is 0 Å². The Labute approximate surface area is 140 Å². The fraction of sp³-hybridized carbons (Fsp3) is 0.167. The van der Waals surface area contributed by atoms with Gasteiger partial charge in [-0.3, -0.25) is 0 Å². The lowest BCUT2D eigenvalue weighted by atomic mass is 10.1. The molecule has 1 aromatic heterocycles. The number of aryl methyl sites for hydroxylation is 2. The van der Waals surface area contributed by atoms with Crippen LogP contribution in [0.5, 0.6) is 5.75 Å². The normalized spacial score (nSPS) is 10.3. The van der Waals surface area contributed by atoms with Gasteiger partial charge in [-0.2, -0.15) is 10.1 Å². The minimum atomic E-state index is 0.438. The first-order valence-corrected chi connectivity index (χ1v) is 7.58. The number of nitrogens with zero attached hydrogens (tertiary/aromatic N) is 3. The molecule has 0 spiro atoms. The average molecular weight is 321 g/mol. The Hall–Kier alpha value is -3.15. The van der Waals surface area contributed by atoms with Crippen LogP contribution in [-0.4, -0.2) is 22.3 Å². The summed E-state index contributed by atoms with van der Waals surface area (Å²) in [5.74, 6) is 1.81. The van der Waals surface area contributed by atoms with Crippen molar-refractivity contribution in [3.63, 3.8) is 0 Å². The molecule has 0 amide bonds. The van der Waals surface area contributed by atoms with E-state index in [0.29, 0.717) is 11.8 Å². The molecule has 3 rings (SSSR count). The molecule has 0 fully saturated rings. The van der Waals surface area contributed by atoms with Gasteiger partial charge in [0.05, 0.1) is 13.3 Å². The molecule has 0 radical (unpaired) electrons. The third-order valence-electron chi connectivity index (χ3n) is 3.38. The van der Waals surface area contributed by atoms with Gasteiger partial charge in [-0.05, 0) is 49.2 Å². The van der Waals surface area contributed by atoms with Crippen molar-refractivity contribution in [2.24, 2.45) is 0 Å². The van der Waals surface area contributed by atoms with Crippen molar-refractivity contribution in [1.29, 1.82) is 0 Å². The number of nitrogens with one attached hydrogen (secondary N) is 2. The first-order valence-electron chi connectivity index (χ1n) is 7.58. The molecule has 0 aliphatic carbocycles. The van der Waals surface area contributed by atoms with Crippen molar-refractivity contribution in [1.82, 2.24) is 15.2 Å². The van der Waals surface area contributed by atoms with Gasteiger partial charge < -0.3 is 15.4 Å². The van der Waals surface area contributed by atoms with Crippen LogP contribution in [0.3, 0.4) is 0 Å². The maximum Gasteiger partial charge on any atom is 0.249 e. The van der Waals surface area contributed by atoms with Crippen molar-refractivity contribution in [3.8, 4) is 5.75 Å². The van der Waals surface area contributed by atoms with Gasteiger partial charge in [0.25, 0.3) is 0 Å². The summed E-state index contributed by atoms with van der Waals surface area (Å²) in [6, 6.07) is 13.8. The summed E-state index contributed by atoms with van der Waals surface area (Å²) >= 11 is 0. The van der Waals surface area contributed by atoms with E-state index in [2.05, 4.69) is 45.7 Å². The fourth-order valence-corrected chi connectivity index (χ4v) is 2.44. The number of rotatable bonds is 5. The van der Waals surface area contributed by atoms with Gasteiger partial charge in [-0.1, -0.05) is 12.1 Å². The Balaban J connectivity index is 1.78. The van der Waals surface area contributed by atoms with E-state index in [1.165, 1.54) is 11.1 Å². The first kappa shape index (κ1) is 15.7. The number of hydrogen-bond acceptors (Lipinski definition) is 6. The highest BCUT2D eigenvalue weighted by Gasteiger charge is 2.04. The molecule has 0 atom stereocenters. The van der Waals surface area contributed by atoms with E-state index in [4.69, 9.17) is 4.74 Å². The smallest absolute Gasteiger partial charge is 0.249 e. The van der Waals surface area contributed by atoms with Gasteiger partial charge in [0.1, 0.15) is 5.75 Å². The first-order chi connectivity index (χ1) is 11.6. The maximum atomic E-state index is 5.22. The quantitative estimate of drug-likeness (QED) is 0.740. The van der Waals surface area contributed by atoms with Crippen LogP contribution in [0.1, 0.15) is 11.1 Å². The Morgan fingerprint density at radius 3 is 2.46 bits per heavy atom. The van der Waals surface area contributed by atoms with E-state index in [9.17, 15) is 0 Å². The molecule has 6 heteroatoms. The van der Waals surface area contributed by atoms with E-state index < -0.39 is 0 Å². The van der Waals surface area contributed by atoms with Gasteiger partial charge in [-0.15, -0.1) is 5.10 Å². The molecule has 2 N–H and O–H groups in total. The molecule has 6 nitrogen and oxygen atoms in total. The lowest BCUT2D eigenvalue weighted by molar-refractivity contribution is 0.415. The van der Waals surface area contributed by atoms with Crippen molar-refractivity contribution >= 4 is 23.1 Å². The van der Waals surface area contributed by atoms with Crippen molar-refractivity contribution in [2.45, 2.75) is 13.8 Å². The molecule has 2 aromatic carbocycles. The molecule has 0 unspecified atom stereocenters. The highest BCUT2D eigenvalue weighted by molar-refractivity contribution is 5.60. The predicted octanol–water partition coefficient (Wildman–Crippen LogP) is 3.98. The summed E-state index contributed by atoms with van der Waals surface area (Å²) in [5, 5.41) is 14.4. The topological polar surface area (TPSA) is 72.0 Å². The number of hydrogen-bond donors (Lipinski definition) is 2. The summed E-state index contributed by atoms with van der Waals surface area (Å²) in [6.45, 7) is 4.11. The second-order valence-electron chi connectivity index (χ2n) is 5.52. The second kappa shape index (κ2) is 6.95. The molecule has 3 aromatic rings. The number of benzene rings is 2. The summed E-state index contributed by atoms with van der Waals surface area (Å²) in [4.78, 5) is 4.44. The third kappa shape index (κ3) is 3.98. The van der Waals surface area contributed by atoms with Gasteiger partial charge in [-0.25, -0.2) is 0 Å². The number of aromatic nitrogens is 3. The minimum Gasteiger partial charge on any atom is -0.497 e. The van der Waals surface area contributed by atoms with Crippen LogP contribution in [0, 0.1) is 13.8 Å². The second-order valence-corrected chi connectivity index (χ2v) is 5.52. The Morgan fingerprint density at radius 1 is 0.917 bits per heavy atom. The van der Waals surface area contributed by atoms with Crippen LogP contribution < -0.4 is 15.4 Å². The van der Waals surface area contributed by atoms with Crippen molar-refractivity contribution in [2.75, 3.05) is 17.7 Å². The lowest BCUT2D eigenvalue weighted by Gasteiger charge is -2.09. The van der Waals surface area contributed by atoms with Gasteiger partial charge in [0, 0.05) is 17.4 Å². The standard InChI is InChI=1S/C18H19N5O/c1-12-7-13(2)9-15(8-12)21-18-22-17(11-19-23-18)20-14-5-4-6-16(10-14)24-3/h4-11H,1-3H3,(H2,20,21,22,23). The summed E-state index contributed by atoms with van der Waals surface area (Å²) < 4.78 is 5.22. The van der Waals surface area contributed by atoms with E-state index >= 15 is 0 Å². The zero-order valence-corrected chi connectivity index (χ0v) is 13.9. The zero-order chi connectivity index (χ0) is 16.9. The van der Waals surface area contributed by atoms with E-state index in [-0.39, 0.29) is 0 Å². The lowest BCUT2D eigenvalue weighted by Crippen LogP contribution is -2.02. The zero-order valence-electron chi connectivity index (χ0n) is 13.9. The fourth-order valence-electron chi connectivity index (χ4n) is 2.44. The van der Waals surface area contributed by atoms with E-state index in [1.807, 2.05) is 36.4 Å². The molecule has 1 heterocycles. The average Bonchev–Trinajstić information content (AvgIpc) is 2.54. The molecular formula is C18H19N5O. The van der Waals surface area contributed by atoms with Gasteiger partial charge in [0.2, 0.25) is 5.95 Å². The van der Waals surface area contributed by atoms with Crippen LogP contribution in [0.2, 0.25) is 0 Å². The Kier molecular flexibility index (Phi) is 4.56. The van der Waals surface area contributed by atoms with Crippen LogP contribution >= 0.6 is 0 Å². The molecule has 0 saturated carbocycles. The number of anilines is 4. The summed E-state index contributed by atoms with van der Waals surface area (Å²) in [6.07, 6.45) is 1.58. The molecule has 0 bridgehead atoms. The largest absolute Gasteiger partial charge is 0.497 e.